The number of carbonyl (C=O) groups is 2. The number of H-pyrrole nitrogens is 1. The quantitative estimate of drug-likeness (QED) is 0.625. The van der Waals surface area contributed by atoms with E-state index < -0.39 is 23.4 Å². The summed E-state index contributed by atoms with van der Waals surface area (Å²) >= 11 is 0. The number of phenols is 1. The third-order valence-corrected chi connectivity index (χ3v) is 3.82. The lowest BCUT2D eigenvalue weighted by Crippen LogP contribution is -2.47. The van der Waals surface area contributed by atoms with Crippen LogP contribution in [0.15, 0.2) is 41.2 Å². The Morgan fingerprint density at radius 1 is 1.16 bits per heavy atom. The van der Waals surface area contributed by atoms with Gasteiger partial charge in [-0.1, -0.05) is 26.0 Å². The minimum Gasteiger partial charge on any atom is -0.508 e. The van der Waals surface area contributed by atoms with E-state index in [1.807, 2.05) is 13.8 Å². The lowest BCUT2D eigenvalue weighted by Gasteiger charge is -2.16. The highest BCUT2D eigenvalue weighted by Crippen LogP contribution is 2.12. The number of aromatic amines is 1. The molecule has 2 aromatic rings. The molecule has 2 rings (SSSR count). The van der Waals surface area contributed by atoms with Gasteiger partial charge < -0.3 is 21.1 Å². The highest BCUT2D eigenvalue weighted by Gasteiger charge is 2.21. The summed E-state index contributed by atoms with van der Waals surface area (Å²) in [7, 11) is 0. The number of rotatable bonds is 6. The smallest absolute Gasteiger partial charge is 0.261 e. The SMILES string of the molecule is CC(C)c1ccc(C(=O)N[C@@H](Cc2ccc(O)cc2)C(N)=O)c(=O)[nH]1. The van der Waals surface area contributed by atoms with E-state index in [0.717, 1.165) is 5.69 Å². The Morgan fingerprint density at radius 3 is 2.32 bits per heavy atom. The van der Waals surface area contributed by atoms with Crippen LogP contribution in [0.4, 0.5) is 0 Å². The van der Waals surface area contributed by atoms with Crippen molar-refractivity contribution >= 4 is 11.8 Å². The Labute approximate surface area is 144 Å². The van der Waals surface area contributed by atoms with Crippen LogP contribution < -0.4 is 16.6 Å². The van der Waals surface area contributed by atoms with E-state index in [1.165, 1.54) is 18.2 Å². The highest BCUT2D eigenvalue weighted by molar-refractivity contribution is 5.97. The fourth-order valence-corrected chi connectivity index (χ4v) is 2.33. The number of nitrogens with two attached hydrogens (primary N) is 1. The highest BCUT2D eigenvalue weighted by atomic mass is 16.3. The van der Waals surface area contributed by atoms with E-state index in [-0.39, 0.29) is 23.7 Å². The van der Waals surface area contributed by atoms with Crippen LogP contribution in [-0.4, -0.2) is 27.9 Å². The summed E-state index contributed by atoms with van der Waals surface area (Å²) in [5.41, 5.74) is 6.19. The zero-order valence-electron chi connectivity index (χ0n) is 14.1. The summed E-state index contributed by atoms with van der Waals surface area (Å²) in [6.45, 7) is 3.84. The molecule has 2 amide bonds. The molecular formula is C18H21N3O4. The number of primary amides is 1. The minimum atomic E-state index is -0.971. The first-order chi connectivity index (χ1) is 11.8. The van der Waals surface area contributed by atoms with E-state index in [2.05, 4.69) is 10.3 Å². The number of carbonyl (C=O) groups excluding carboxylic acids is 2. The zero-order valence-corrected chi connectivity index (χ0v) is 14.1. The van der Waals surface area contributed by atoms with Crippen molar-refractivity contribution in [3.05, 3.63) is 63.6 Å². The van der Waals surface area contributed by atoms with Crippen molar-refractivity contribution in [1.82, 2.24) is 10.3 Å². The first-order valence-corrected chi connectivity index (χ1v) is 7.89. The second-order valence-corrected chi connectivity index (χ2v) is 6.11. The van der Waals surface area contributed by atoms with Gasteiger partial charge >= 0.3 is 0 Å². The number of nitrogens with one attached hydrogen (secondary N) is 2. The number of aromatic hydroxyl groups is 1. The molecule has 0 aliphatic carbocycles. The molecule has 1 atom stereocenters. The van der Waals surface area contributed by atoms with E-state index in [0.29, 0.717) is 5.56 Å². The molecule has 5 N–H and O–H groups in total. The maximum Gasteiger partial charge on any atom is 0.261 e. The maximum atomic E-state index is 12.3. The number of hydrogen-bond acceptors (Lipinski definition) is 4. The first-order valence-electron chi connectivity index (χ1n) is 7.89. The summed E-state index contributed by atoms with van der Waals surface area (Å²) in [5.74, 6) is -1.16. The van der Waals surface area contributed by atoms with Crippen LogP contribution in [0.2, 0.25) is 0 Å². The van der Waals surface area contributed by atoms with Gasteiger partial charge in [-0.05, 0) is 35.7 Å². The summed E-state index contributed by atoms with van der Waals surface area (Å²) in [5, 5.41) is 11.8. The molecular weight excluding hydrogens is 322 g/mol. The molecule has 0 saturated heterocycles. The summed E-state index contributed by atoms with van der Waals surface area (Å²) in [4.78, 5) is 38.7. The summed E-state index contributed by atoms with van der Waals surface area (Å²) < 4.78 is 0. The second-order valence-electron chi connectivity index (χ2n) is 6.11. The largest absolute Gasteiger partial charge is 0.508 e. The molecule has 0 fully saturated rings. The Bertz CT molecular complexity index is 825. The van der Waals surface area contributed by atoms with Gasteiger partial charge in [-0.3, -0.25) is 14.4 Å². The molecule has 1 heterocycles. The van der Waals surface area contributed by atoms with Crippen molar-refractivity contribution in [1.29, 1.82) is 0 Å². The number of hydrogen-bond donors (Lipinski definition) is 4. The normalized spacial score (nSPS) is 12.0. The molecule has 0 spiro atoms. The van der Waals surface area contributed by atoms with Crippen molar-refractivity contribution in [2.24, 2.45) is 5.73 Å². The third kappa shape index (κ3) is 4.69. The van der Waals surface area contributed by atoms with Gasteiger partial charge in [0.25, 0.3) is 11.5 Å². The Morgan fingerprint density at radius 2 is 1.80 bits per heavy atom. The fraction of sp³-hybridized carbons (Fsp3) is 0.278. The number of benzene rings is 1. The molecule has 7 nitrogen and oxygen atoms in total. The number of pyridine rings is 1. The predicted octanol–water partition coefficient (Wildman–Crippen LogP) is 1.03. The fourth-order valence-electron chi connectivity index (χ4n) is 2.33. The molecule has 0 radical (unpaired) electrons. The predicted molar refractivity (Wildman–Crippen MR) is 93.4 cm³/mol. The molecule has 0 aliphatic heterocycles. The topological polar surface area (TPSA) is 125 Å². The molecule has 25 heavy (non-hydrogen) atoms. The van der Waals surface area contributed by atoms with Crippen LogP contribution in [0.1, 0.15) is 41.4 Å². The van der Waals surface area contributed by atoms with Crippen LogP contribution in [-0.2, 0) is 11.2 Å². The lowest BCUT2D eigenvalue weighted by molar-refractivity contribution is -0.119. The van der Waals surface area contributed by atoms with Crippen LogP contribution >= 0.6 is 0 Å². The first kappa shape index (κ1) is 18.3. The minimum absolute atomic E-state index is 0.0821. The van der Waals surface area contributed by atoms with Crippen molar-refractivity contribution in [2.45, 2.75) is 32.2 Å². The zero-order chi connectivity index (χ0) is 18.6. The van der Waals surface area contributed by atoms with Gasteiger partial charge in [0.05, 0.1) is 0 Å². The van der Waals surface area contributed by atoms with Crippen LogP contribution in [0.5, 0.6) is 5.75 Å². The summed E-state index contributed by atoms with van der Waals surface area (Å²) in [6, 6.07) is 8.34. The van der Waals surface area contributed by atoms with Gasteiger partial charge in [0, 0.05) is 12.1 Å². The van der Waals surface area contributed by atoms with E-state index in [4.69, 9.17) is 5.73 Å². The second kappa shape index (κ2) is 7.65. The third-order valence-electron chi connectivity index (χ3n) is 3.82. The van der Waals surface area contributed by atoms with Crippen LogP contribution in [0.25, 0.3) is 0 Å². The van der Waals surface area contributed by atoms with E-state index in [1.54, 1.807) is 18.2 Å². The Kier molecular flexibility index (Phi) is 5.59. The van der Waals surface area contributed by atoms with Crippen molar-refractivity contribution in [2.75, 3.05) is 0 Å². The number of amides is 2. The van der Waals surface area contributed by atoms with E-state index >= 15 is 0 Å². The van der Waals surface area contributed by atoms with Crippen molar-refractivity contribution in [3.63, 3.8) is 0 Å². The molecule has 1 aromatic carbocycles. The molecule has 132 valence electrons. The molecule has 0 saturated carbocycles. The Hall–Kier alpha value is -3.09. The van der Waals surface area contributed by atoms with Crippen molar-refractivity contribution < 1.29 is 14.7 Å². The molecule has 0 bridgehead atoms. The van der Waals surface area contributed by atoms with Crippen molar-refractivity contribution in [3.8, 4) is 5.75 Å². The lowest BCUT2D eigenvalue weighted by atomic mass is 10.0. The molecule has 1 aromatic heterocycles. The maximum absolute atomic E-state index is 12.3. The van der Waals surface area contributed by atoms with Gasteiger partial charge in [0.2, 0.25) is 5.91 Å². The van der Waals surface area contributed by atoms with Gasteiger partial charge in [0.15, 0.2) is 0 Å². The summed E-state index contributed by atoms with van der Waals surface area (Å²) in [6.07, 6.45) is 0.156. The standard InChI is InChI=1S/C18H21N3O4/c1-10(2)14-8-7-13(17(24)20-14)18(25)21-15(16(19)23)9-11-3-5-12(22)6-4-11/h3-8,10,15,22H,9H2,1-2H3,(H2,19,23)(H,20,24)(H,21,25)/t15-/m0/s1. The van der Waals surface area contributed by atoms with Crippen LogP contribution in [0, 0.1) is 0 Å². The molecule has 0 unspecified atom stereocenters. The molecule has 7 heteroatoms. The number of phenolic OH excluding ortho intramolecular Hbond substituents is 1. The average molecular weight is 343 g/mol. The van der Waals surface area contributed by atoms with Gasteiger partial charge in [0.1, 0.15) is 17.4 Å². The van der Waals surface area contributed by atoms with Gasteiger partial charge in [-0.25, -0.2) is 0 Å². The van der Waals surface area contributed by atoms with Gasteiger partial charge in [-0.15, -0.1) is 0 Å². The molecule has 0 aliphatic rings. The van der Waals surface area contributed by atoms with E-state index in [9.17, 15) is 19.5 Å². The number of aromatic nitrogens is 1. The van der Waals surface area contributed by atoms with Gasteiger partial charge in [-0.2, -0.15) is 0 Å². The van der Waals surface area contributed by atoms with Crippen LogP contribution in [0.3, 0.4) is 0 Å². The average Bonchev–Trinajstić information content (AvgIpc) is 2.55. The monoisotopic (exact) mass is 343 g/mol. The Balaban J connectivity index is 2.16.